The molecule has 0 amide bonds. The van der Waals surface area contributed by atoms with Crippen molar-refractivity contribution in [3.05, 3.63) is 116 Å². The second kappa shape index (κ2) is 14.0. The van der Waals surface area contributed by atoms with E-state index in [2.05, 4.69) is 24.0 Å². The van der Waals surface area contributed by atoms with Gasteiger partial charge in [0, 0.05) is 17.5 Å². The molecular formula is C33H35N4NaO4. The minimum atomic E-state index is -0.597. The van der Waals surface area contributed by atoms with Gasteiger partial charge in [-0.15, -0.1) is 0 Å². The molecule has 8 nitrogen and oxygen atoms in total. The van der Waals surface area contributed by atoms with E-state index in [1.807, 2.05) is 86.6 Å². The van der Waals surface area contributed by atoms with Gasteiger partial charge < -0.3 is 6.16 Å². The molecule has 0 saturated carbocycles. The predicted molar refractivity (Wildman–Crippen MR) is 161 cm³/mol. The summed E-state index contributed by atoms with van der Waals surface area (Å²) in [5.41, 5.74) is 5.89. The van der Waals surface area contributed by atoms with Crippen molar-refractivity contribution in [1.29, 1.82) is 0 Å². The Morgan fingerprint density at radius 1 is 0.976 bits per heavy atom. The molecule has 1 N–H and O–H groups in total. The molecule has 2 heterocycles. The van der Waals surface area contributed by atoms with Crippen LogP contribution in [0.5, 0.6) is 5.75 Å². The Hall–Kier alpha value is -3.72. The van der Waals surface area contributed by atoms with Crippen LogP contribution in [-0.2, 0) is 12.8 Å². The van der Waals surface area contributed by atoms with Crippen molar-refractivity contribution in [3.8, 4) is 34.0 Å². The van der Waals surface area contributed by atoms with Crippen LogP contribution in [0.4, 0.5) is 0 Å². The maximum Gasteiger partial charge on any atom is 1.00 e. The van der Waals surface area contributed by atoms with Gasteiger partial charge in [-0.1, -0.05) is 74.0 Å². The fraction of sp³-hybridized carbons (Fsp3) is 0.273. The number of hydrogen-bond donors (Lipinski definition) is 1. The molecule has 0 bridgehead atoms. The third-order valence-electron chi connectivity index (χ3n) is 7.19. The zero-order chi connectivity index (χ0) is 28.9. The fourth-order valence-corrected chi connectivity index (χ4v) is 4.93. The van der Waals surface area contributed by atoms with Crippen molar-refractivity contribution in [2.45, 2.75) is 59.5 Å². The van der Waals surface area contributed by atoms with Gasteiger partial charge in [-0.05, 0) is 67.6 Å². The van der Waals surface area contributed by atoms with E-state index in [1.54, 1.807) is 4.57 Å². The first-order valence-corrected chi connectivity index (χ1v) is 14.0. The average molecular weight is 575 g/mol. The summed E-state index contributed by atoms with van der Waals surface area (Å²) in [6.07, 6.45) is 3.13. The molecule has 3 aromatic carbocycles. The third kappa shape index (κ3) is 6.84. The molecule has 42 heavy (non-hydrogen) atoms. The molecule has 2 aromatic heterocycles. The van der Waals surface area contributed by atoms with E-state index in [0.29, 0.717) is 23.6 Å². The van der Waals surface area contributed by atoms with Gasteiger partial charge in [0.05, 0.1) is 17.5 Å². The maximum atomic E-state index is 13.9. The molecule has 0 aliphatic heterocycles. The molecule has 0 saturated heterocycles. The Kier molecular flexibility index (Phi) is 10.4. The van der Waals surface area contributed by atoms with E-state index in [4.69, 9.17) is 14.2 Å². The van der Waals surface area contributed by atoms with Crippen LogP contribution < -0.4 is 45.6 Å². The standard InChI is InChI=1S/C33H34N4O4.Na.H/c1-5-9-30-29(32(38)37(22(4)34-30)25-16-18-26(19-17-25)40-21(3)6-2)20-23-12-14-24(15-13-23)27-10-7-8-11-28(27)31-35-33(39)41-36-31;;/h7-8,10-19,21H,5-6,9,20H2,1-4H3,(H,35,36,39);;/q;+1;-1. The first-order valence-electron chi connectivity index (χ1n) is 14.0. The van der Waals surface area contributed by atoms with Gasteiger partial charge in [-0.2, -0.15) is 0 Å². The summed E-state index contributed by atoms with van der Waals surface area (Å²) in [7, 11) is 0. The zero-order valence-electron chi connectivity index (χ0n) is 25.8. The zero-order valence-corrected chi connectivity index (χ0v) is 26.8. The number of benzene rings is 3. The van der Waals surface area contributed by atoms with Gasteiger partial charge in [0.15, 0.2) is 5.82 Å². The number of aromatic nitrogens is 4. The SMILES string of the molecule is CCCc1nc(C)n(-c2ccc(OC(C)CC)cc2)c(=O)c1Cc1ccc(-c2ccccc2-c2noc(=O)[nH]2)cc1.[H-].[Na+]. The van der Waals surface area contributed by atoms with E-state index < -0.39 is 5.76 Å². The van der Waals surface area contributed by atoms with Gasteiger partial charge in [0.2, 0.25) is 0 Å². The molecule has 5 rings (SSSR count). The molecule has 9 heteroatoms. The molecule has 0 spiro atoms. The molecule has 212 valence electrons. The largest absolute Gasteiger partial charge is 1.00 e. The Balaban J connectivity index is 0.00000253. The van der Waals surface area contributed by atoms with Gasteiger partial charge in [-0.25, -0.2) is 9.78 Å². The molecule has 1 atom stereocenters. The molecule has 0 fully saturated rings. The minimum absolute atomic E-state index is 0. The maximum absolute atomic E-state index is 13.9. The first kappa shape index (κ1) is 31.2. The van der Waals surface area contributed by atoms with Crippen molar-refractivity contribution in [2.24, 2.45) is 0 Å². The average Bonchev–Trinajstić information content (AvgIpc) is 3.42. The summed E-state index contributed by atoms with van der Waals surface area (Å²) >= 11 is 0. The monoisotopic (exact) mass is 574 g/mol. The number of rotatable bonds is 10. The van der Waals surface area contributed by atoms with E-state index in [0.717, 1.165) is 58.6 Å². The van der Waals surface area contributed by atoms with Crippen LogP contribution in [0.2, 0.25) is 0 Å². The number of aromatic amines is 1. The number of ether oxygens (including phenoxy) is 1. The minimum Gasteiger partial charge on any atom is -1.00 e. The van der Waals surface area contributed by atoms with Crippen LogP contribution >= 0.6 is 0 Å². The number of nitrogens with zero attached hydrogens (tertiary/aromatic N) is 3. The number of aryl methyl sites for hydroxylation is 2. The van der Waals surface area contributed by atoms with E-state index in [9.17, 15) is 9.59 Å². The van der Waals surface area contributed by atoms with Gasteiger partial charge in [0.25, 0.3) is 5.56 Å². The molecule has 0 radical (unpaired) electrons. The van der Waals surface area contributed by atoms with Crippen LogP contribution in [0.3, 0.4) is 0 Å². The summed E-state index contributed by atoms with van der Waals surface area (Å²) in [4.78, 5) is 32.9. The normalized spacial score (nSPS) is 11.6. The fourth-order valence-electron chi connectivity index (χ4n) is 4.93. The second-order valence-corrected chi connectivity index (χ2v) is 10.2. The van der Waals surface area contributed by atoms with Crippen LogP contribution in [0.15, 0.2) is 86.9 Å². The van der Waals surface area contributed by atoms with E-state index in [-0.39, 0.29) is 42.6 Å². The van der Waals surface area contributed by atoms with Gasteiger partial charge in [-0.3, -0.25) is 18.9 Å². The van der Waals surface area contributed by atoms with Crippen LogP contribution in [0.1, 0.15) is 57.7 Å². The van der Waals surface area contributed by atoms with Gasteiger partial charge in [0.1, 0.15) is 11.6 Å². The smallest absolute Gasteiger partial charge is 1.00 e. The van der Waals surface area contributed by atoms with Crippen molar-refractivity contribution >= 4 is 0 Å². The summed E-state index contributed by atoms with van der Waals surface area (Å²) in [5.74, 6) is 1.22. The Morgan fingerprint density at radius 2 is 1.67 bits per heavy atom. The Bertz CT molecular complexity index is 1760. The van der Waals surface area contributed by atoms with Crippen molar-refractivity contribution in [3.63, 3.8) is 0 Å². The Morgan fingerprint density at radius 3 is 2.29 bits per heavy atom. The van der Waals surface area contributed by atoms with Crippen molar-refractivity contribution < 1.29 is 40.2 Å². The number of H-pyrrole nitrogens is 1. The topological polar surface area (TPSA) is 103 Å². The molecule has 0 aliphatic rings. The first-order chi connectivity index (χ1) is 19.9. The van der Waals surface area contributed by atoms with Crippen LogP contribution in [0.25, 0.3) is 28.2 Å². The quantitative estimate of drug-likeness (QED) is 0.257. The van der Waals surface area contributed by atoms with E-state index >= 15 is 0 Å². The summed E-state index contributed by atoms with van der Waals surface area (Å²) in [6, 6.07) is 23.4. The van der Waals surface area contributed by atoms with E-state index in [1.165, 1.54) is 0 Å². The molecular weight excluding hydrogens is 539 g/mol. The molecule has 5 aromatic rings. The third-order valence-corrected chi connectivity index (χ3v) is 7.19. The Labute approximate surface area is 268 Å². The molecule has 1 unspecified atom stereocenters. The number of nitrogens with one attached hydrogen (secondary N) is 1. The van der Waals surface area contributed by atoms with Crippen LogP contribution in [0, 0.1) is 6.92 Å². The number of hydrogen-bond acceptors (Lipinski definition) is 6. The van der Waals surface area contributed by atoms with Gasteiger partial charge >= 0.3 is 35.3 Å². The summed E-state index contributed by atoms with van der Waals surface area (Å²) in [6.45, 7) is 8.09. The molecule has 0 aliphatic carbocycles. The van der Waals surface area contributed by atoms with Crippen molar-refractivity contribution in [1.82, 2.24) is 19.7 Å². The summed E-state index contributed by atoms with van der Waals surface area (Å²) < 4.78 is 12.3. The van der Waals surface area contributed by atoms with Crippen molar-refractivity contribution in [2.75, 3.05) is 0 Å². The second-order valence-electron chi connectivity index (χ2n) is 10.2. The predicted octanol–water partition coefficient (Wildman–Crippen LogP) is 3.39. The van der Waals surface area contributed by atoms with Crippen LogP contribution in [-0.4, -0.2) is 25.8 Å². The summed E-state index contributed by atoms with van der Waals surface area (Å²) in [5, 5.41) is 3.85.